The Balaban J connectivity index is 1.67. The van der Waals surface area contributed by atoms with Crippen molar-refractivity contribution < 1.29 is 19.5 Å². The molecule has 0 unspecified atom stereocenters. The average Bonchev–Trinajstić information content (AvgIpc) is 2.77. The van der Waals surface area contributed by atoms with Crippen molar-refractivity contribution in [1.29, 1.82) is 0 Å². The summed E-state index contributed by atoms with van der Waals surface area (Å²) in [5, 5.41) is 12.4. The Morgan fingerprint density at radius 1 is 1.09 bits per heavy atom. The number of amides is 1. The van der Waals surface area contributed by atoms with E-state index in [0.29, 0.717) is 23.4 Å². The van der Waals surface area contributed by atoms with Gasteiger partial charge in [-0.1, -0.05) is 6.07 Å². The Hall–Kier alpha value is -4.21. The molecule has 0 saturated carbocycles. The van der Waals surface area contributed by atoms with Crippen molar-refractivity contribution in [3.8, 4) is 0 Å². The van der Waals surface area contributed by atoms with E-state index in [4.69, 9.17) is 16.6 Å². The van der Waals surface area contributed by atoms with E-state index in [-0.39, 0.29) is 36.9 Å². The maximum atomic E-state index is 12.6. The smallest absolute Gasteiger partial charge is 0.303 e. The molecule has 10 nitrogen and oxygen atoms in total. The first kappa shape index (κ1) is 24.4. The number of hydrogen-bond donors (Lipinski definition) is 4. The second kappa shape index (κ2) is 10.6. The Bertz CT molecular complexity index is 1210. The van der Waals surface area contributed by atoms with Gasteiger partial charge in [-0.2, -0.15) is 4.98 Å². The number of fused-ring (bicyclic) bond motifs is 1. The summed E-state index contributed by atoms with van der Waals surface area (Å²) in [6, 6.07) is 12.2. The van der Waals surface area contributed by atoms with Gasteiger partial charge in [0.05, 0.1) is 5.52 Å². The van der Waals surface area contributed by atoms with Crippen LogP contribution in [0.1, 0.15) is 42.1 Å². The van der Waals surface area contributed by atoms with Gasteiger partial charge >= 0.3 is 5.97 Å². The number of benzene rings is 2. The van der Waals surface area contributed by atoms with E-state index >= 15 is 0 Å². The minimum absolute atomic E-state index is 0.0910. The fraction of sp³-hybridized carbons (Fsp3) is 0.292. The average molecular weight is 465 g/mol. The lowest BCUT2D eigenvalue weighted by molar-refractivity contribution is -0.137. The SMILES string of the molecule is CC(=O)C[C@H](CCC(=O)O)NC(=O)c1ccc(N(C)Cc2ccc3nc(N)nc(N)c3c2)cc1. The largest absolute Gasteiger partial charge is 0.481 e. The minimum atomic E-state index is -0.971. The molecule has 0 spiro atoms. The summed E-state index contributed by atoms with van der Waals surface area (Å²) in [5.41, 5.74) is 14.6. The summed E-state index contributed by atoms with van der Waals surface area (Å²) in [6.45, 7) is 2.00. The number of nitrogen functional groups attached to an aromatic ring is 2. The number of carboxylic acids is 1. The topological polar surface area (TPSA) is 165 Å². The molecule has 0 radical (unpaired) electrons. The Morgan fingerprint density at radius 3 is 2.44 bits per heavy atom. The van der Waals surface area contributed by atoms with Gasteiger partial charge in [-0.15, -0.1) is 0 Å². The van der Waals surface area contributed by atoms with E-state index in [1.165, 1.54) is 6.92 Å². The van der Waals surface area contributed by atoms with E-state index in [1.54, 1.807) is 12.1 Å². The highest BCUT2D eigenvalue weighted by molar-refractivity contribution is 5.95. The van der Waals surface area contributed by atoms with E-state index < -0.39 is 12.0 Å². The zero-order chi connectivity index (χ0) is 24.8. The monoisotopic (exact) mass is 464 g/mol. The number of aromatic nitrogens is 2. The summed E-state index contributed by atoms with van der Waals surface area (Å²) >= 11 is 0. The van der Waals surface area contributed by atoms with Gasteiger partial charge in [-0.25, -0.2) is 4.98 Å². The number of nitrogens with two attached hydrogens (primary N) is 2. The van der Waals surface area contributed by atoms with Crippen LogP contribution in [0.2, 0.25) is 0 Å². The van der Waals surface area contributed by atoms with Crippen LogP contribution in [0.4, 0.5) is 17.5 Å². The first-order valence-electron chi connectivity index (χ1n) is 10.8. The number of rotatable bonds is 10. The maximum absolute atomic E-state index is 12.6. The second-order valence-electron chi connectivity index (χ2n) is 8.23. The molecular weight excluding hydrogens is 436 g/mol. The third-order valence-electron chi connectivity index (χ3n) is 5.37. The van der Waals surface area contributed by atoms with Crippen LogP contribution in [0, 0.1) is 0 Å². The molecule has 3 aromatic rings. The lowest BCUT2D eigenvalue weighted by Crippen LogP contribution is -2.36. The molecule has 1 aromatic heterocycles. The van der Waals surface area contributed by atoms with Crippen molar-refractivity contribution in [1.82, 2.24) is 15.3 Å². The van der Waals surface area contributed by atoms with Crippen LogP contribution in [0.5, 0.6) is 0 Å². The second-order valence-corrected chi connectivity index (χ2v) is 8.23. The lowest BCUT2D eigenvalue weighted by atomic mass is 10.0. The fourth-order valence-electron chi connectivity index (χ4n) is 3.69. The van der Waals surface area contributed by atoms with E-state index in [0.717, 1.165) is 16.6 Å². The molecule has 0 saturated heterocycles. The molecule has 2 aromatic carbocycles. The molecule has 0 aliphatic heterocycles. The first-order chi connectivity index (χ1) is 16.1. The first-order valence-corrected chi connectivity index (χ1v) is 10.8. The van der Waals surface area contributed by atoms with Crippen molar-refractivity contribution >= 4 is 46.0 Å². The third kappa shape index (κ3) is 6.41. The van der Waals surface area contributed by atoms with Gasteiger partial charge in [0.25, 0.3) is 5.91 Å². The highest BCUT2D eigenvalue weighted by Gasteiger charge is 2.17. The number of anilines is 3. The number of carboxylic acid groups (broad SMARTS) is 1. The van der Waals surface area contributed by atoms with Gasteiger partial charge in [0.1, 0.15) is 11.6 Å². The van der Waals surface area contributed by atoms with E-state index in [9.17, 15) is 14.4 Å². The number of carbonyl (C=O) groups excluding carboxylic acids is 2. The van der Waals surface area contributed by atoms with Crippen LogP contribution < -0.4 is 21.7 Å². The van der Waals surface area contributed by atoms with Gasteiger partial charge in [-0.3, -0.25) is 14.4 Å². The minimum Gasteiger partial charge on any atom is -0.481 e. The highest BCUT2D eigenvalue weighted by Crippen LogP contribution is 2.23. The summed E-state index contributed by atoms with van der Waals surface area (Å²) in [6.07, 6.45) is 0.158. The molecule has 178 valence electrons. The van der Waals surface area contributed by atoms with Crippen LogP contribution >= 0.6 is 0 Å². The Morgan fingerprint density at radius 2 is 1.79 bits per heavy atom. The summed E-state index contributed by atoms with van der Waals surface area (Å²) in [4.78, 5) is 45.1. The van der Waals surface area contributed by atoms with Gasteiger partial charge < -0.3 is 26.8 Å². The van der Waals surface area contributed by atoms with Crippen molar-refractivity contribution in [2.24, 2.45) is 0 Å². The fourth-order valence-corrected chi connectivity index (χ4v) is 3.69. The van der Waals surface area contributed by atoms with Crippen molar-refractivity contribution in [2.75, 3.05) is 23.4 Å². The predicted molar refractivity (Wildman–Crippen MR) is 130 cm³/mol. The van der Waals surface area contributed by atoms with Gasteiger partial charge in [-0.05, 0) is 55.3 Å². The van der Waals surface area contributed by atoms with Crippen LogP contribution in [0.25, 0.3) is 10.9 Å². The van der Waals surface area contributed by atoms with Gasteiger partial charge in [0, 0.05) is 49.1 Å². The molecule has 1 heterocycles. The standard InChI is InChI=1S/C24H28N6O4/c1-14(31)11-17(6-10-21(32)33)27-23(34)16-4-7-18(8-5-16)30(2)13-15-3-9-20-19(12-15)22(25)29-24(26)28-20/h3-5,7-9,12,17H,6,10-11,13H2,1-2H3,(H,27,34)(H,32,33)(H4,25,26,28,29)/t17-/m0/s1. The van der Waals surface area contributed by atoms with Gasteiger partial charge in [0.15, 0.2) is 0 Å². The highest BCUT2D eigenvalue weighted by atomic mass is 16.4. The number of carbonyl (C=O) groups is 3. The van der Waals surface area contributed by atoms with Crippen molar-refractivity contribution in [3.05, 3.63) is 53.6 Å². The Kier molecular flexibility index (Phi) is 7.62. The quantitative estimate of drug-likeness (QED) is 0.352. The molecule has 1 atom stereocenters. The zero-order valence-corrected chi connectivity index (χ0v) is 19.1. The zero-order valence-electron chi connectivity index (χ0n) is 19.1. The molecule has 0 aliphatic rings. The number of nitrogens with one attached hydrogen (secondary N) is 1. The summed E-state index contributed by atoms with van der Waals surface area (Å²) in [5.74, 6) is -0.975. The van der Waals surface area contributed by atoms with Crippen LogP contribution in [0.15, 0.2) is 42.5 Å². The summed E-state index contributed by atoms with van der Waals surface area (Å²) in [7, 11) is 1.93. The Labute approximate surface area is 197 Å². The third-order valence-corrected chi connectivity index (χ3v) is 5.37. The predicted octanol–water partition coefficient (Wildman–Crippen LogP) is 2.37. The summed E-state index contributed by atoms with van der Waals surface area (Å²) < 4.78 is 0. The molecule has 1 amide bonds. The van der Waals surface area contributed by atoms with Crippen LogP contribution in [0.3, 0.4) is 0 Å². The van der Waals surface area contributed by atoms with Crippen LogP contribution in [-0.2, 0) is 16.1 Å². The molecule has 10 heteroatoms. The van der Waals surface area contributed by atoms with Crippen molar-refractivity contribution in [2.45, 2.75) is 38.8 Å². The number of ketones is 1. The van der Waals surface area contributed by atoms with Crippen molar-refractivity contribution in [3.63, 3.8) is 0 Å². The number of hydrogen-bond acceptors (Lipinski definition) is 8. The molecule has 0 bridgehead atoms. The normalized spacial score (nSPS) is 11.7. The number of nitrogens with zero attached hydrogens (tertiary/aromatic N) is 3. The molecule has 0 aliphatic carbocycles. The molecule has 6 N–H and O–H groups in total. The van der Waals surface area contributed by atoms with Crippen LogP contribution in [-0.4, -0.2) is 45.8 Å². The molecule has 3 rings (SSSR count). The van der Waals surface area contributed by atoms with E-state index in [2.05, 4.69) is 15.3 Å². The molecular formula is C24H28N6O4. The molecule has 0 fully saturated rings. The maximum Gasteiger partial charge on any atom is 0.303 e. The van der Waals surface area contributed by atoms with Gasteiger partial charge in [0.2, 0.25) is 5.95 Å². The number of Topliss-reactive ketones (excluding diaryl/α,β-unsaturated/α-hetero) is 1. The molecule has 34 heavy (non-hydrogen) atoms. The lowest BCUT2D eigenvalue weighted by Gasteiger charge is -2.21. The van der Waals surface area contributed by atoms with E-state index in [1.807, 2.05) is 42.3 Å². The number of aliphatic carboxylic acids is 1.